The molecular weight excluding hydrogens is 426 g/mol. The number of aliphatic imine (C=N–C) groups is 1. The minimum Gasteiger partial charge on any atom is -0.494 e. The number of amides is 2. The van der Waals surface area contributed by atoms with Gasteiger partial charge in [0.05, 0.1) is 30.4 Å². The number of rotatable bonds is 5. The molecule has 32 heavy (non-hydrogen) atoms. The number of carbonyl (C=O) groups excluding carboxylic acids is 2. The van der Waals surface area contributed by atoms with E-state index in [2.05, 4.69) is 4.99 Å². The van der Waals surface area contributed by atoms with E-state index in [-0.39, 0.29) is 11.8 Å². The van der Waals surface area contributed by atoms with Crippen molar-refractivity contribution in [3.63, 3.8) is 0 Å². The highest BCUT2D eigenvalue weighted by molar-refractivity contribution is 8.18. The Morgan fingerprint density at radius 3 is 2.75 bits per heavy atom. The van der Waals surface area contributed by atoms with Gasteiger partial charge in [-0.25, -0.2) is 4.99 Å². The maximum atomic E-state index is 12.8. The molecule has 2 saturated heterocycles. The lowest BCUT2D eigenvalue weighted by Gasteiger charge is -2.26. The van der Waals surface area contributed by atoms with E-state index < -0.39 is 0 Å². The summed E-state index contributed by atoms with van der Waals surface area (Å²) in [7, 11) is 1.70. The first-order chi connectivity index (χ1) is 15.5. The molecule has 4 rings (SSSR count). The molecule has 166 valence electrons. The summed E-state index contributed by atoms with van der Waals surface area (Å²) in [6.45, 7) is 4.80. The average molecular weight is 452 g/mol. The molecule has 2 aliphatic heterocycles. The van der Waals surface area contributed by atoms with Crippen LogP contribution in [-0.2, 0) is 9.53 Å². The summed E-state index contributed by atoms with van der Waals surface area (Å²) >= 11 is 1.31. The molecule has 2 fully saturated rings. The van der Waals surface area contributed by atoms with E-state index in [9.17, 15) is 9.59 Å². The molecule has 0 bridgehead atoms. The summed E-state index contributed by atoms with van der Waals surface area (Å²) in [4.78, 5) is 34.1. The van der Waals surface area contributed by atoms with Crippen LogP contribution < -0.4 is 4.74 Å². The molecule has 0 spiro atoms. The Balaban J connectivity index is 1.54. The average Bonchev–Trinajstić information content (AvgIpc) is 3.07. The van der Waals surface area contributed by atoms with Crippen LogP contribution in [0.25, 0.3) is 6.08 Å². The normalized spacial score (nSPS) is 19.1. The minimum absolute atomic E-state index is 0.0337. The quantitative estimate of drug-likeness (QED) is 0.647. The second kappa shape index (κ2) is 10.0. The molecule has 2 heterocycles. The van der Waals surface area contributed by atoms with Crippen molar-refractivity contribution in [3.05, 3.63) is 64.6 Å². The van der Waals surface area contributed by atoms with E-state index in [1.54, 1.807) is 24.1 Å². The molecule has 0 saturated carbocycles. The standard InChI is InChI=1S/C24H25N3O4S/c1-3-31-20-9-4-6-17(14-20)15-21-23(29)26(2)24(32-21)25-19-8-5-7-18(16-19)22(28)27-10-12-30-13-11-27/h4-9,14-16H,3,10-13H2,1-2H3/b21-15+,25-24?. The monoisotopic (exact) mass is 451 g/mol. The van der Waals surface area contributed by atoms with Gasteiger partial charge in [-0.3, -0.25) is 14.5 Å². The number of ether oxygens (including phenoxy) is 2. The van der Waals surface area contributed by atoms with E-state index in [1.165, 1.54) is 16.7 Å². The Bertz CT molecular complexity index is 1080. The number of thioether (sulfide) groups is 1. The Morgan fingerprint density at radius 1 is 1.19 bits per heavy atom. The zero-order valence-electron chi connectivity index (χ0n) is 18.1. The van der Waals surface area contributed by atoms with Crippen molar-refractivity contribution < 1.29 is 19.1 Å². The van der Waals surface area contributed by atoms with Crippen LogP contribution >= 0.6 is 11.8 Å². The van der Waals surface area contributed by atoms with Crippen LogP contribution in [-0.4, -0.2) is 66.7 Å². The molecule has 0 aliphatic carbocycles. The van der Waals surface area contributed by atoms with E-state index in [0.717, 1.165) is 11.3 Å². The number of amidine groups is 1. The van der Waals surface area contributed by atoms with Crippen molar-refractivity contribution in [2.75, 3.05) is 40.0 Å². The number of likely N-dealkylation sites (N-methyl/N-ethyl adjacent to an activating group) is 1. The fourth-order valence-electron chi connectivity index (χ4n) is 3.43. The van der Waals surface area contributed by atoms with Gasteiger partial charge in [0, 0.05) is 25.7 Å². The highest BCUT2D eigenvalue weighted by atomic mass is 32.2. The maximum Gasteiger partial charge on any atom is 0.266 e. The SMILES string of the molecule is CCOc1cccc(/C=C2/SC(=Nc3cccc(C(=O)N4CCOCC4)c3)N(C)C2=O)c1. The molecule has 2 aliphatic rings. The number of morpholine rings is 1. The summed E-state index contributed by atoms with van der Waals surface area (Å²) in [6.07, 6.45) is 1.84. The summed E-state index contributed by atoms with van der Waals surface area (Å²) in [5.41, 5.74) is 2.10. The van der Waals surface area contributed by atoms with Crippen molar-refractivity contribution >= 4 is 40.5 Å². The van der Waals surface area contributed by atoms with Crippen LogP contribution in [0.3, 0.4) is 0 Å². The molecular formula is C24H25N3O4S. The first-order valence-electron chi connectivity index (χ1n) is 10.5. The second-order valence-electron chi connectivity index (χ2n) is 7.33. The Hall–Kier alpha value is -3.10. The Morgan fingerprint density at radius 2 is 1.97 bits per heavy atom. The third-order valence-corrected chi connectivity index (χ3v) is 6.15. The molecule has 0 aromatic heterocycles. The lowest BCUT2D eigenvalue weighted by molar-refractivity contribution is -0.121. The van der Waals surface area contributed by atoms with Gasteiger partial charge >= 0.3 is 0 Å². The van der Waals surface area contributed by atoms with Crippen molar-refractivity contribution in [1.29, 1.82) is 0 Å². The first-order valence-corrected chi connectivity index (χ1v) is 11.3. The zero-order chi connectivity index (χ0) is 22.5. The van der Waals surface area contributed by atoms with Crippen LogP contribution in [0, 0.1) is 0 Å². The molecule has 0 unspecified atom stereocenters. The number of hydrogen-bond acceptors (Lipinski definition) is 6. The maximum absolute atomic E-state index is 12.8. The molecule has 0 radical (unpaired) electrons. The van der Waals surface area contributed by atoms with Crippen LogP contribution in [0.1, 0.15) is 22.8 Å². The highest BCUT2D eigenvalue weighted by Gasteiger charge is 2.30. The van der Waals surface area contributed by atoms with Gasteiger partial charge in [-0.05, 0) is 60.7 Å². The van der Waals surface area contributed by atoms with Crippen LogP contribution in [0.15, 0.2) is 58.4 Å². The van der Waals surface area contributed by atoms with Crippen LogP contribution in [0.5, 0.6) is 5.75 Å². The molecule has 0 atom stereocenters. The molecule has 7 nitrogen and oxygen atoms in total. The van der Waals surface area contributed by atoms with Crippen molar-refractivity contribution in [2.45, 2.75) is 6.92 Å². The Kier molecular flexibility index (Phi) is 6.92. The number of nitrogens with zero attached hydrogens (tertiary/aromatic N) is 3. The Labute approximate surface area is 191 Å². The third-order valence-electron chi connectivity index (χ3n) is 5.09. The predicted octanol–water partition coefficient (Wildman–Crippen LogP) is 3.79. The first kappa shape index (κ1) is 22.1. The molecule has 0 N–H and O–H groups in total. The van der Waals surface area contributed by atoms with Gasteiger partial charge in [0.15, 0.2) is 5.17 Å². The van der Waals surface area contributed by atoms with Gasteiger partial charge in [0.2, 0.25) is 0 Å². The summed E-state index contributed by atoms with van der Waals surface area (Å²) in [6, 6.07) is 14.8. The molecule has 2 amide bonds. The van der Waals surface area contributed by atoms with E-state index in [0.29, 0.717) is 54.2 Å². The van der Waals surface area contributed by atoms with Crippen molar-refractivity contribution in [1.82, 2.24) is 9.80 Å². The summed E-state index contributed by atoms with van der Waals surface area (Å²) < 4.78 is 10.9. The van der Waals surface area contributed by atoms with Gasteiger partial charge < -0.3 is 14.4 Å². The minimum atomic E-state index is -0.115. The predicted molar refractivity (Wildman–Crippen MR) is 126 cm³/mol. The highest BCUT2D eigenvalue weighted by Crippen LogP contribution is 2.33. The summed E-state index contributed by atoms with van der Waals surface area (Å²) in [5, 5.41) is 0.568. The van der Waals surface area contributed by atoms with Gasteiger partial charge in [0.1, 0.15) is 5.75 Å². The van der Waals surface area contributed by atoms with E-state index in [4.69, 9.17) is 9.47 Å². The number of carbonyl (C=O) groups is 2. The molecule has 8 heteroatoms. The largest absolute Gasteiger partial charge is 0.494 e. The third kappa shape index (κ3) is 5.03. The number of benzene rings is 2. The van der Waals surface area contributed by atoms with Crippen LogP contribution in [0.2, 0.25) is 0 Å². The fourth-order valence-corrected chi connectivity index (χ4v) is 4.42. The van der Waals surface area contributed by atoms with Gasteiger partial charge in [-0.15, -0.1) is 0 Å². The second-order valence-corrected chi connectivity index (χ2v) is 8.34. The van der Waals surface area contributed by atoms with Gasteiger partial charge in [-0.1, -0.05) is 18.2 Å². The van der Waals surface area contributed by atoms with Gasteiger partial charge in [-0.2, -0.15) is 0 Å². The summed E-state index contributed by atoms with van der Waals surface area (Å²) in [5.74, 6) is 0.617. The van der Waals surface area contributed by atoms with E-state index >= 15 is 0 Å². The molecule has 2 aromatic carbocycles. The van der Waals surface area contributed by atoms with Crippen LogP contribution in [0.4, 0.5) is 5.69 Å². The smallest absolute Gasteiger partial charge is 0.266 e. The van der Waals surface area contributed by atoms with Crippen molar-refractivity contribution in [2.24, 2.45) is 4.99 Å². The zero-order valence-corrected chi connectivity index (χ0v) is 18.9. The van der Waals surface area contributed by atoms with Gasteiger partial charge in [0.25, 0.3) is 11.8 Å². The lowest BCUT2D eigenvalue weighted by Crippen LogP contribution is -2.40. The van der Waals surface area contributed by atoms with Crippen molar-refractivity contribution in [3.8, 4) is 5.75 Å². The van der Waals surface area contributed by atoms with E-state index in [1.807, 2.05) is 49.4 Å². The topological polar surface area (TPSA) is 71.4 Å². The fraction of sp³-hybridized carbons (Fsp3) is 0.292. The molecule has 2 aromatic rings. The lowest BCUT2D eigenvalue weighted by atomic mass is 10.1. The number of hydrogen-bond donors (Lipinski definition) is 0.